The third-order valence-corrected chi connectivity index (χ3v) is 4.62. The summed E-state index contributed by atoms with van der Waals surface area (Å²) in [5.74, 6) is 0.393. The SMILES string of the molecule is Cc1ccc(NC(=O)N(C)C2CCC(CO)CC2)c(Cl)c1. The molecular weight excluding hydrogens is 288 g/mol. The molecule has 5 heteroatoms. The molecule has 0 spiro atoms. The number of amides is 2. The molecule has 2 amide bonds. The number of benzene rings is 1. The number of hydrogen-bond acceptors (Lipinski definition) is 2. The fourth-order valence-electron chi connectivity index (χ4n) is 2.81. The van der Waals surface area contributed by atoms with Crippen LogP contribution in [0.1, 0.15) is 31.2 Å². The second kappa shape index (κ2) is 7.14. The van der Waals surface area contributed by atoms with E-state index in [4.69, 9.17) is 16.7 Å². The summed E-state index contributed by atoms with van der Waals surface area (Å²) in [6, 6.07) is 5.69. The van der Waals surface area contributed by atoms with Crippen LogP contribution in [0.25, 0.3) is 0 Å². The number of rotatable bonds is 3. The van der Waals surface area contributed by atoms with Gasteiger partial charge in [0, 0.05) is 19.7 Å². The smallest absolute Gasteiger partial charge is 0.321 e. The molecule has 0 atom stereocenters. The van der Waals surface area contributed by atoms with Gasteiger partial charge in [-0.25, -0.2) is 4.79 Å². The summed E-state index contributed by atoms with van der Waals surface area (Å²) in [6.45, 7) is 2.21. The third-order valence-electron chi connectivity index (χ3n) is 4.31. The Bertz CT molecular complexity index is 499. The molecule has 2 rings (SSSR count). The fourth-order valence-corrected chi connectivity index (χ4v) is 3.09. The van der Waals surface area contributed by atoms with Gasteiger partial charge in [0.15, 0.2) is 0 Å². The summed E-state index contributed by atoms with van der Waals surface area (Å²) in [6.07, 6.45) is 3.84. The Kier molecular flexibility index (Phi) is 5.48. The van der Waals surface area contributed by atoms with Crippen LogP contribution in [0.5, 0.6) is 0 Å². The predicted octanol–water partition coefficient (Wildman–Crippen LogP) is 3.66. The Hall–Kier alpha value is -1.26. The van der Waals surface area contributed by atoms with Crippen LogP contribution in [0.4, 0.5) is 10.5 Å². The zero-order chi connectivity index (χ0) is 15.4. The maximum atomic E-state index is 12.3. The van der Waals surface area contributed by atoms with E-state index in [1.54, 1.807) is 4.90 Å². The first-order valence-electron chi connectivity index (χ1n) is 7.42. The molecule has 0 aliphatic heterocycles. The monoisotopic (exact) mass is 310 g/mol. The summed E-state index contributed by atoms with van der Waals surface area (Å²) < 4.78 is 0. The van der Waals surface area contributed by atoms with Crippen LogP contribution in [0.3, 0.4) is 0 Å². The number of anilines is 1. The van der Waals surface area contributed by atoms with E-state index in [-0.39, 0.29) is 18.7 Å². The molecule has 1 aliphatic rings. The topological polar surface area (TPSA) is 52.6 Å². The molecule has 1 aromatic carbocycles. The van der Waals surface area contributed by atoms with Gasteiger partial charge in [0.05, 0.1) is 10.7 Å². The van der Waals surface area contributed by atoms with Crippen molar-refractivity contribution in [1.82, 2.24) is 4.90 Å². The molecule has 0 radical (unpaired) electrons. The molecular formula is C16H23ClN2O2. The van der Waals surface area contributed by atoms with Gasteiger partial charge < -0.3 is 15.3 Å². The molecule has 0 aromatic heterocycles. The Morgan fingerprint density at radius 1 is 1.38 bits per heavy atom. The summed E-state index contributed by atoms with van der Waals surface area (Å²) in [7, 11) is 1.82. The Morgan fingerprint density at radius 3 is 2.62 bits per heavy atom. The quantitative estimate of drug-likeness (QED) is 0.895. The van der Waals surface area contributed by atoms with Gasteiger partial charge in [0.2, 0.25) is 0 Å². The molecule has 1 fully saturated rings. The fraction of sp³-hybridized carbons (Fsp3) is 0.562. The molecule has 0 heterocycles. The first-order chi connectivity index (χ1) is 10.0. The Labute approximate surface area is 131 Å². The van der Waals surface area contributed by atoms with Crippen LogP contribution in [-0.2, 0) is 0 Å². The van der Waals surface area contributed by atoms with Gasteiger partial charge in [-0.3, -0.25) is 0 Å². The molecule has 1 aromatic rings. The third kappa shape index (κ3) is 4.11. The van der Waals surface area contributed by atoms with Gasteiger partial charge in [-0.2, -0.15) is 0 Å². The van der Waals surface area contributed by atoms with E-state index in [1.165, 1.54) is 0 Å². The second-order valence-electron chi connectivity index (χ2n) is 5.88. The van der Waals surface area contributed by atoms with E-state index >= 15 is 0 Å². The lowest BCUT2D eigenvalue weighted by Crippen LogP contribution is -2.42. The zero-order valence-corrected chi connectivity index (χ0v) is 13.4. The van der Waals surface area contributed by atoms with Crippen LogP contribution in [0.15, 0.2) is 18.2 Å². The number of aliphatic hydroxyl groups is 1. The van der Waals surface area contributed by atoms with Crippen LogP contribution < -0.4 is 5.32 Å². The second-order valence-corrected chi connectivity index (χ2v) is 6.29. The predicted molar refractivity (Wildman–Crippen MR) is 85.8 cm³/mol. The van der Waals surface area contributed by atoms with Crippen molar-refractivity contribution in [3.63, 3.8) is 0 Å². The number of carbonyl (C=O) groups excluding carboxylic acids is 1. The lowest BCUT2D eigenvalue weighted by atomic mass is 9.86. The van der Waals surface area contributed by atoms with Crippen LogP contribution >= 0.6 is 11.6 Å². The Balaban J connectivity index is 1.93. The number of nitrogens with zero attached hydrogens (tertiary/aromatic N) is 1. The molecule has 4 nitrogen and oxygen atoms in total. The van der Waals surface area contributed by atoms with Crippen molar-refractivity contribution in [3.8, 4) is 0 Å². The standard InChI is InChI=1S/C16H23ClN2O2/c1-11-3-8-15(14(17)9-11)18-16(21)19(2)13-6-4-12(10-20)5-7-13/h3,8-9,12-13,20H,4-7,10H2,1-2H3,(H,18,21). The Morgan fingerprint density at radius 2 is 2.05 bits per heavy atom. The van der Waals surface area contributed by atoms with Crippen molar-refractivity contribution < 1.29 is 9.90 Å². The lowest BCUT2D eigenvalue weighted by molar-refractivity contribution is 0.139. The number of hydrogen-bond donors (Lipinski definition) is 2. The minimum absolute atomic E-state index is 0.131. The van der Waals surface area contributed by atoms with E-state index in [0.717, 1.165) is 31.2 Å². The van der Waals surface area contributed by atoms with Crippen molar-refractivity contribution in [3.05, 3.63) is 28.8 Å². The molecule has 1 aliphatic carbocycles. The molecule has 21 heavy (non-hydrogen) atoms. The van der Waals surface area contributed by atoms with E-state index in [9.17, 15) is 4.79 Å². The number of carbonyl (C=O) groups is 1. The molecule has 0 saturated heterocycles. The highest BCUT2D eigenvalue weighted by Crippen LogP contribution is 2.28. The molecule has 0 unspecified atom stereocenters. The largest absolute Gasteiger partial charge is 0.396 e. The number of aryl methyl sites for hydroxylation is 1. The van der Waals surface area contributed by atoms with Crippen molar-refractivity contribution >= 4 is 23.3 Å². The summed E-state index contributed by atoms with van der Waals surface area (Å²) in [5, 5.41) is 12.6. The van der Waals surface area contributed by atoms with Gasteiger partial charge in [-0.05, 0) is 56.2 Å². The van der Waals surface area contributed by atoms with Gasteiger partial charge in [-0.15, -0.1) is 0 Å². The highest BCUT2D eigenvalue weighted by Gasteiger charge is 2.26. The highest BCUT2D eigenvalue weighted by molar-refractivity contribution is 6.33. The maximum Gasteiger partial charge on any atom is 0.321 e. The van der Waals surface area contributed by atoms with Crippen molar-refractivity contribution in [1.29, 1.82) is 0 Å². The summed E-state index contributed by atoms with van der Waals surface area (Å²) >= 11 is 6.14. The first kappa shape index (κ1) is 16.1. The van der Waals surface area contributed by atoms with Gasteiger partial charge >= 0.3 is 6.03 Å². The number of halogens is 1. The van der Waals surface area contributed by atoms with E-state index in [2.05, 4.69) is 5.32 Å². The maximum absolute atomic E-state index is 12.3. The van der Waals surface area contributed by atoms with Crippen LogP contribution in [0, 0.1) is 12.8 Å². The van der Waals surface area contributed by atoms with Crippen molar-refractivity contribution in [2.45, 2.75) is 38.6 Å². The average Bonchev–Trinajstić information content (AvgIpc) is 2.49. The lowest BCUT2D eigenvalue weighted by Gasteiger charge is -2.34. The average molecular weight is 311 g/mol. The number of urea groups is 1. The van der Waals surface area contributed by atoms with Gasteiger partial charge in [0.1, 0.15) is 0 Å². The van der Waals surface area contributed by atoms with Crippen LogP contribution in [0.2, 0.25) is 5.02 Å². The molecule has 1 saturated carbocycles. The van der Waals surface area contributed by atoms with Crippen molar-refractivity contribution in [2.75, 3.05) is 19.0 Å². The van der Waals surface area contributed by atoms with Gasteiger partial charge in [-0.1, -0.05) is 17.7 Å². The highest BCUT2D eigenvalue weighted by atomic mass is 35.5. The van der Waals surface area contributed by atoms with Crippen molar-refractivity contribution in [2.24, 2.45) is 5.92 Å². The van der Waals surface area contributed by atoms with Crippen LogP contribution in [-0.4, -0.2) is 35.7 Å². The normalized spacial score (nSPS) is 21.9. The number of aliphatic hydroxyl groups excluding tert-OH is 1. The molecule has 2 N–H and O–H groups in total. The van der Waals surface area contributed by atoms with Gasteiger partial charge in [0.25, 0.3) is 0 Å². The van der Waals surface area contributed by atoms with E-state index in [0.29, 0.717) is 16.6 Å². The summed E-state index contributed by atoms with van der Waals surface area (Å²) in [5.41, 5.74) is 1.71. The summed E-state index contributed by atoms with van der Waals surface area (Å²) in [4.78, 5) is 14.1. The van der Waals surface area contributed by atoms with E-state index in [1.807, 2.05) is 32.2 Å². The molecule has 0 bridgehead atoms. The minimum Gasteiger partial charge on any atom is -0.396 e. The number of nitrogens with one attached hydrogen (secondary N) is 1. The molecule has 116 valence electrons. The first-order valence-corrected chi connectivity index (χ1v) is 7.80. The minimum atomic E-state index is -0.131. The zero-order valence-electron chi connectivity index (χ0n) is 12.6. The van der Waals surface area contributed by atoms with E-state index < -0.39 is 0 Å².